The summed E-state index contributed by atoms with van der Waals surface area (Å²) in [4.78, 5) is 3.49. The molecule has 26 heavy (non-hydrogen) atoms. The van der Waals surface area contributed by atoms with Gasteiger partial charge >= 0.3 is 5.51 Å². The molecule has 1 aromatic heterocycles. The first-order valence-electron chi connectivity index (χ1n) is 7.79. The molecule has 0 unspecified atom stereocenters. The highest BCUT2D eigenvalue weighted by molar-refractivity contribution is 7.92. The normalized spacial score (nSPS) is 12.9. The van der Waals surface area contributed by atoms with Gasteiger partial charge in [-0.2, -0.15) is 13.2 Å². The molecule has 1 heterocycles. The van der Waals surface area contributed by atoms with Crippen molar-refractivity contribution in [1.29, 1.82) is 0 Å². The molecule has 0 fully saturated rings. The minimum atomic E-state index is -5.40. The molecule has 136 valence electrons. The highest BCUT2D eigenvalue weighted by Crippen LogP contribution is 2.32. The van der Waals surface area contributed by atoms with Crippen molar-refractivity contribution in [2.45, 2.75) is 23.9 Å². The molecule has 0 saturated carbocycles. The standard InChI is InChI=1S/C18H15F3N2O2S/c1-2-23-16-10-9-14(26(24,25)18(19,20)21)12-15(16)22-17(23)11-8-13-6-4-3-5-7-13/h3-12H,2H2,1H3. The Bertz CT molecular complexity index is 1070. The van der Waals surface area contributed by atoms with Crippen molar-refractivity contribution >= 4 is 33.0 Å². The van der Waals surface area contributed by atoms with Gasteiger partial charge in [0.2, 0.25) is 0 Å². The molecule has 3 aromatic rings. The van der Waals surface area contributed by atoms with Gasteiger partial charge in [0.1, 0.15) is 5.82 Å². The van der Waals surface area contributed by atoms with Crippen LogP contribution in [0.2, 0.25) is 0 Å². The number of benzene rings is 2. The van der Waals surface area contributed by atoms with Gasteiger partial charge in [0.15, 0.2) is 0 Å². The van der Waals surface area contributed by atoms with Crippen LogP contribution in [0.25, 0.3) is 23.2 Å². The summed E-state index contributed by atoms with van der Waals surface area (Å²) in [6.45, 7) is 2.41. The van der Waals surface area contributed by atoms with E-state index in [1.807, 2.05) is 43.3 Å². The summed E-state index contributed by atoms with van der Waals surface area (Å²) >= 11 is 0. The number of hydrogen-bond donors (Lipinski definition) is 0. The molecule has 0 radical (unpaired) electrons. The zero-order valence-electron chi connectivity index (χ0n) is 13.7. The third-order valence-corrected chi connectivity index (χ3v) is 5.39. The van der Waals surface area contributed by atoms with Crippen molar-refractivity contribution in [2.75, 3.05) is 0 Å². The third kappa shape index (κ3) is 3.24. The topological polar surface area (TPSA) is 52.0 Å². The molecule has 4 nitrogen and oxygen atoms in total. The Morgan fingerprint density at radius 1 is 1.08 bits per heavy atom. The largest absolute Gasteiger partial charge is 0.501 e. The lowest BCUT2D eigenvalue weighted by atomic mass is 10.2. The maximum atomic E-state index is 12.8. The van der Waals surface area contributed by atoms with Crippen molar-refractivity contribution in [1.82, 2.24) is 9.55 Å². The van der Waals surface area contributed by atoms with E-state index in [-0.39, 0.29) is 5.52 Å². The second-order valence-electron chi connectivity index (χ2n) is 5.56. The Hall–Kier alpha value is -2.61. The summed E-state index contributed by atoms with van der Waals surface area (Å²) in [5.74, 6) is 0.535. The number of sulfone groups is 1. The van der Waals surface area contributed by atoms with Crippen molar-refractivity contribution in [3.8, 4) is 0 Å². The van der Waals surface area contributed by atoms with E-state index >= 15 is 0 Å². The van der Waals surface area contributed by atoms with E-state index in [1.165, 1.54) is 6.07 Å². The fraction of sp³-hybridized carbons (Fsp3) is 0.167. The quantitative estimate of drug-likeness (QED) is 0.669. The molecule has 8 heteroatoms. The minimum absolute atomic E-state index is 0.199. The predicted molar refractivity (Wildman–Crippen MR) is 94.0 cm³/mol. The van der Waals surface area contributed by atoms with Crippen LogP contribution in [0.1, 0.15) is 18.3 Å². The number of halogens is 3. The summed E-state index contributed by atoms with van der Waals surface area (Å²) in [5.41, 5.74) is -3.63. The van der Waals surface area contributed by atoms with E-state index in [4.69, 9.17) is 0 Å². The predicted octanol–water partition coefficient (Wildman–Crippen LogP) is 4.52. The van der Waals surface area contributed by atoms with Gasteiger partial charge in [0.25, 0.3) is 9.84 Å². The fourth-order valence-corrected chi connectivity index (χ4v) is 3.40. The van der Waals surface area contributed by atoms with Gasteiger partial charge in [0.05, 0.1) is 15.9 Å². The van der Waals surface area contributed by atoms with Crippen LogP contribution in [-0.2, 0) is 16.4 Å². The monoisotopic (exact) mass is 380 g/mol. The number of rotatable bonds is 4. The van der Waals surface area contributed by atoms with Crippen LogP contribution in [-0.4, -0.2) is 23.5 Å². The first-order chi connectivity index (χ1) is 12.2. The molecule has 0 bridgehead atoms. The van der Waals surface area contributed by atoms with Crippen LogP contribution >= 0.6 is 0 Å². The van der Waals surface area contributed by atoms with Crippen LogP contribution in [0.4, 0.5) is 13.2 Å². The zero-order valence-corrected chi connectivity index (χ0v) is 14.6. The van der Waals surface area contributed by atoms with E-state index in [0.717, 1.165) is 17.7 Å². The average Bonchev–Trinajstić information content (AvgIpc) is 2.96. The lowest BCUT2D eigenvalue weighted by Crippen LogP contribution is -2.23. The first-order valence-corrected chi connectivity index (χ1v) is 9.27. The maximum absolute atomic E-state index is 12.8. The Balaban J connectivity index is 2.08. The van der Waals surface area contributed by atoms with Crippen LogP contribution in [0, 0.1) is 0 Å². The highest BCUT2D eigenvalue weighted by atomic mass is 32.2. The Morgan fingerprint density at radius 3 is 2.38 bits per heavy atom. The smallest absolute Gasteiger partial charge is 0.325 e. The summed E-state index contributed by atoms with van der Waals surface area (Å²) < 4.78 is 63.3. The number of aromatic nitrogens is 2. The summed E-state index contributed by atoms with van der Waals surface area (Å²) in [6.07, 6.45) is 3.58. The zero-order chi connectivity index (χ0) is 18.9. The molecule has 0 aliphatic rings. The van der Waals surface area contributed by atoms with E-state index in [0.29, 0.717) is 17.9 Å². The average molecular weight is 380 g/mol. The van der Waals surface area contributed by atoms with Gasteiger partial charge in [-0.1, -0.05) is 36.4 Å². The molecule has 0 N–H and O–H groups in total. The van der Waals surface area contributed by atoms with Gasteiger partial charge in [-0.05, 0) is 36.8 Å². The van der Waals surface area contributed by atoms with Crippen LogP contribution < -0.4 is 0 Å². The Labute approximate surface area is 148 Å². The minimum Gasteiger partial charge on any atom is -0.325 e. The molecule has 0 aliphatic heterocycles. The third-order valence-electron chi connectivity index (χ3n) is 3.90. The van der Waals surface area contributed by atoms with Crippen LogP contribution in [0.5, 0.6) is 0 Å². The number of aryl methyl sites for hydroxylation is 1. The first kappa shape index (κ1) is 18.2. The second kappa shape index (κ2) is 6.60. The molecule has 0 saturated heterocycles. The lowest BCUT2D eigenvalue weighted by Gasteiger charge is -2.08. The molecule has 0 amide bonds. The molecule has 0 spiro atoms. The van der Waals surface area contributed by atoms with E-state index in [9.17, 15) is 21.6 Å². The van der Waals surface area contributed by atoms with Gasteiger partial charge in [-0.15, -0.1) is 0 Å². The Morgan fingerprint density at radius 2 is 1.77 bits per heavy atom. The van der Waals surface area contributed by atoms with Crippen molar-refractivity contribution in [2.24, 2.45) is 0 Å². The molecular formula is C18H15F3N2O2S. The molecule has 2 aromatic carbocycles. The number of fused-ring (bicyclic) bond motifs is 1. The Kier molecular flexibility index (Phi) is 4.62. The molecule has 0 atom stereocenters. The summed E-state index contributed by atoms with van der Waals surface area (Å²) in [5, 5.41) is 0. The van der Waals surface area contributed by atoms with E-state index < -0.39 is 20.2 Å². The van der Waals surface area contributed by atoms with Gasteiger partial charge in [-0.3, -0.25) is 0 Å². The fourth-order valence-electron chi connectivity index (χ4n) is 2.62. The number of imidazole rings is 1. The SMILES string of the molecule is CCn1c(C=Cc2ccccc2)nc2cc(S(=O)(=O)C(F)(F)F)ccc21. The van der Waals surface area contributed by atoms with Gasteiger partial charge in [-0.25, -0.2) is 13.4 Å². The van der Waals surface area contributed by atoms with Gasteiger partial charge < -0.3 is 4.57 Å². The highest BCUT2D eigenvalue weighted by Gasteiger charge is 2.47. The van der Waals surface area contributed by atoms with Gasteiger partial charge in [0, 0.05) is 6.54 Å². The van der Waals surface area contributed by atoms with Crippen molar-refractivity contribution in [3.05, 3.63) is 59.9 Å². The molecule has 3 rings (SSSR count). The summed E-state index contributed by atoms with van der Waals surface area (Å²) in [6, 6.07) is 12.7. The maximum Gasteiger partial charge on any atom is 0.501 e. The second-order valence-corrected chi connectivity index (χ2v) is 7.50. The summed E-state index contributed by atoms with van der Waals surface area (Å²) in [7, 11) is -5.40. The number of hydrogen-bond acceptors (Lipinski definition) is 3. The number of nitrogens with zero attached hydrogens (tertiary/aromatic N) is 2. The van der Waals surface area contributed by atoms with Crippen LogP contribution in [0.15, 0.2) is 53.4 Å². The number of alkyl halides is 3. The van der Waals surface area contributed by atoms with E-state index in [1.54, 1.807) is 10.6 Å². The van der Waals surface area contributed by atoms with Crippen molar-refractivity contribution < 1.29 is 21.6 Å². The van der Waals surface area contributed by atoms with Crippen molar-refractivity contribution in [3.63, 3.8) is 0 Å². The van der Waals surface area contributed by atoms with E-state index in [2.05, 4.69) is 4.98 Å². The van der Waals surface area contributed by atoms with Crippen LogP contribution in [0.3, 0.4) is 0 Å². The molecule has 0 aliphatic carbocycles. The molecular weight excluding hydrogens is 365 g/mol. The lowest BCUT2D eigenvalue weighted by molar-refractivity contribution is -0.0435.